The van der Waals surface area contributed by atoms with Gasteiger partial charge in [0.1, 0.15) is 4.88 Å². The van der Waals surface area contributed by atoms with Crippen LogP contribution in [0.25, 0.3) is 0 Å². The topological polar surface area (TPSA) is 61.5 Å². The molecule has 0 amide bonds. The third-order valence-electron chi connectivity index (χ3n) is 1.36. The lowest BCUT2D eigenvalue weighted by atomic mass is 10.3. The van der Waals surface area contributed by atoms with E-state index in [2.05, 4.69) is 9.57 Å². The Kier molecular flexibility index (Phi) is 3.21. The van der Waals surface area contributed by atoms with Gasteiger partial charge in [0.25, 0.3) is 0 Å². The Morgan fingerprint density at radius 3 is 3.08 bits per heavy atom. The van der Waals surface area contributed by atoms with Gasteiger partial charge in [-0.2, -0.15) is 0 Å². The van der Waals surface area contributed by atoms with Crippen LogP contribution in [0.3, 0.4) is 0 Å². The largest absolute Gasteiger partial charge is 0.465 e. The van der Waals surface area contributed by atoms with Crippen LogP contribution in [0.4, 0.5) is 0 Å². The van der Waals surface area contributed by atoms with Gasteiger partial charge in [-0.1, -0.05) is 0 Å². The van der Waals surface area contributed by atoms with Crippen molar-refractivity contribution in [1.29, 1.82) is 0 Å². The van der Waals surface area contributed by atoms with Crippen LogP contribution in [0.5, 0.6) is 0 Å². The average molecular weight is 187 g/mol. The lowest BCUT2D eigenvalue weighted by Gasteiger charge is -1.99. The van der Waals surface area contributed by atoms with Gasteiger partial charge >= 0.3 is 5.97 Å². The molecular weight excluding hydrogens is 178 g/mol. The van der Waals surface area contributed by atoms with E-state index in [-0.39, 0.29) is 12.6 Å². The lowest BCUT2D eigenvalue weighted by molar-refractivity contribution is 0.0599. The number of ether oxygens (including phenoxy) is 1. The Balaban J connectivity index is 2.83. The van der Waals surface area contributed by atoms with Crippen molar-refractivity contribution < 1.29 is 14.4 Å². The van der Waals surface area contributed by atoms with Crippen LogP contribution >= 0.6 is 11.3 Å². The van der Waals surface area contributed by atoms with E-state index in [9.17, 15) is 4.79 Å². The number of hydrogen-bond acceptors (Lipinski definition) is 5. The van der Waals surface area contributed by atoms with E-state index < -0.39 is 0 Å². The summed E-state index contributed by atoms with van der Waals surface area (Å²) in [5.74, 6) is 4.53. The van der Waals surface area contributed by atoms with Gasteiger partial charge in [-0.25, -0.2) is 10.7 Å². The average Bonchev–Trinajstić information content (AvgIpc) is 2.52. The monoisotopic (exact) mass is 187 g/mol. The number of methoxy groups -OCH3 is 1. The molecule has 66 valence electrons. The van der Waals surface area contributed by atoms with E-state index in [4.69, 9.17) is 5.90 Å². The standard InChI is InChI=1S/C7H9NO3S/c1-10-7(9)6-5(4-11-8)2-3-12-6/h2-3H,4,8H2,1H3. The zero-order valence-corrected chi connectivity index (χ0v) is 7.39. The molecule has 1 aromatic heterocycles. The Hall–Kier alpha value is -0.910. The fourth-order valence-electron chi connectivity index (χ4n) is 0.811. The Morgan fingerprint density at radius 2 is 2.50 bits per heavy atom. The van der Waals surface area contributed by atoms with Crippen molar-refractivity contribution in [2.24, 2.45) is 5.90 Å². The van der Waals surface area contributed by atoms with Gasteiger partial charge in [-0.15, -0.1) is 11.3 Å². The number of thiophene rings is 1. The molecule has 1 heterocycles. The first-order valence-corrected chi connectivity index (χ1v) is 4.14. The first-order chi connectivity index (χ1) is 5.79. The molecule has 0 aliphatic rings. The van der Waals surface area contributed by atoms with Crippen LogP contribution < -0.4 is 5.90 Å². The Bertz CT molecular complexity index is 271. The molecule has 5 heteroatoms. The number of rotatable bonds is 3. The molecule has 0 spiro atoms. The second-order valence-corrected chi connectivity index (χ2v) is 2.99. The van der Waals surface area contributed by atoms with E-state index in [0.29, 0.717) is 4.88 Å². The summed E-state index contributed by atoms with van der Waals surface area (Å²) in [6, 6.07) is 1.78. The summed E-state index contributed by atoms with van der Waals surface area (Å²) in [6.45, 7) is 0.230. The van der Waals surface area contributed by atoms with Gasteiger partial charge in [-0.3, -0.25) is 4.84 Å². The van der Waals surface area contributed by atoms with E-state index in [1.54, 1.807) is 11.4 Å². The van der Waals surface area contributed by atoms with E-state index in [1.165, 1.54) is 18.4 Å². The molecule has 0 aliphatic carbocycles. The minimum Gasteiger partial charge on any atom is -0.465 e. The molecule has 0 saturated carbocycles. The molecule has 0 fully saturated rings. The van der Waals surface area contributed by atoms with Crippen molar-refractivity contribution in [3.05, 3.63) is 21.9 Å². The molecule has 1 rings (SSSR count). The predicted octanol–water partition coefficient (Wildman–Crippen LogP) is 0.925. The van der Waals surface area contributed by atoms with Gasteiger partial charge in [0.15, 0.2) is 0 Å². The third kappa shape index (κ3) is 1.82. The minimum atomic E-state index is -0.350. The molecule has 12 heavy (non-hydrogen) atoms. The van der Waals surface area contributed by atoms with Gasteiger partial charge in [0.2, 0.25) is 0 Å². The molecule has 0 bridgehead atoms. The van der Waals surface area contributed by atoms with E-state index >= 15 is 0 Å². The molecule has 0 aromatic carbocycles. The number of carbonyl (C=O) groups is 1. The van der Waals surface area contributed by atoms with Gasteiger partial charge < -0.3 is 4.74 Å². The van der Waals surface area contributed by atoms with Gasteiger partial charge in [0.05, 0.1) is 13.7 Å². The molecule has 1 aromatic rings. The van der Waals surface area contributed by atoms with Crippen LogP contribution in [-0.2, 0) is 16.2 Å². The number of carbonyl (C=O) groups excluding carboxylic acids is 1. The predicted molar refractivity (Wildman–Crippen MR) is 44.6 cm³/mol. The van der Waals surface area contributed by atoms with Crippen LogP contribution in [0, 0.1) is 0 Å². The minimum absolute atomic E-state index is 0.230. The number of hydrogen-bond donors (Lipinski definition) is 1. The van der Waals surface area contributed by atoms with Crippen molar-refractivity contribution in [2.75, 3.05) is 7.11 Å². The lowest BCUT2D eigenvalue weighted by Crippen LogP contribution is -2.05. The van der Waals surface area contributed by atoms with Gasteiger partial charge in [0, 0.05) is 5.56 Å². The highest BCUT2D eigenvalue weighted by Crippen LogP contribution is 2.17. The zero-order chi connectivity index (χ0) is 8.97. The normalized spacial score (nSPS) is 9.83. The van der Waals surface area contributed by atoms with Gasteiger partial charge in [-0.05, 0) is 11.4 Å². The van der Waals surface area contributed by atoms with E-state index in [1.807, 2.05) is 0 Å². The summed E-state index contributed by atoms with van der Waals surface area (Å²) < 4.78 is 4.56. The van der Waals surface area contributed by atoms with Crippen LogP contribution in [0.1, 0.15) is 15.2 Å². The molecule has 0 radical (unpaired) electrons. The van der Waals surface area contributed by atoms with Crippen LogP contribution in [0.2, 0.25) is 0 Å². The molecular formula is C7H9NO3S. The fourth-order valence-corrected chi connectivity index (χ4v) is 1.64. The quantitative estimate of drug-likeness (QED) is 0.564. The van der Waals surface area contributed by atoms with Crippen molar-refractivity contribution in [1.82, 2.24) is 0 Å². The number of esters is 1. The fraction of sp³-hybridized carbons (Fsp3) is 0.286. The summed E-state index contributed by atoms with van der Waals surface area (Å²) in [5.41, 5.74) is 0.759. The maximum atomic E-state index is 11.1. The van der Waals surface area contributed by atoms with Crippen molar-refractivity contribution in [3.63, 3.8) is 0 Å². The maximum Gasteiger partial charge on any atom is 0.348 e. The zero-order valence-electron chi connectivity index (χ0n) is 6.57. The summed E-state index contributed by atoms with van der Waals surface area (Å²) >= 11 is 1.31. The van der Waals surface area contributed by atoms with Crippen LogP contribution in [-0.4, -0.2) is 13.1 Å². The van der Waals surface area contributed by atoms with Crippen molar-refractivity contribution in [2.45, 2.75) is 6.61 Å². The Labute approximate surface area is 73.8 Å². The highest BCUT2D eigenvalue weighted by molar-refractivity contribution is 7.12. The Morgan fingerprint density at radius 1 is 1.75 bits per heavy atom. The molecule has 4 nitrogen and oxygen atoms in total. The smallest absolute Gasteiger partial charge is 0.348 e. The van der Waals surface area contributed by atoms with Crippen molar-refractivity contribution in [3.8, 4) is 0 Å². The molecule has 0 atom stereocenters. The highest BCUT2D eigenvalue weighted by Gasteiger charge is 2.12. The molecule has 0 saturated heterocycles. The third-order valence-corrected chi connectivity index (χ3v) is 2.29. The summed E-state index contributed by atoms with van der Waals surface area (Å²) in [7, 11) is 1.34. The molecule has 2 N–H and O–H groups in total. The summed E-state index contributed by atoms with van der Waals surface area (Å²) in [5, 5.41) is 1.79. The first kappa shape index (κ1) is 9.18. The summed E-state index contributed by atoms with van der Waals surface area (Å²) in [4.78, 5) is 16.0. The summed E-state index contributed by atoms with van der Waals surface area (Å²) in [6.07, 6.45) is 0. The first-order valence-electron chi connectivity index (χ1n) is 3.26. The van der Waals surface area contributed by atoms with Crippen molar-refractivity contribution >= 4 is 17.3 Å². The van der Waals surface area contributed by atoms with Crippen LogP contribution in [0.15, 0.2) is 11.4 Å². The SMILES string of the molecule is COC(=O)c1sccc1CON. The second kappa shape index (κ2) is 4.20. The van der Waals surface area contributed by atoms with E-state index in [0.717, 1.165) is 5.56 Å². The molecule has 0 unspecified atom stereocenters. The molecule has 0 aliphatic heterocycles. The number of nitrogens with two attached hydrogens (primary N) is 1. The second-order valence-electron chi connectivity index (χ2n) is 2.08. The highest BCUT2D eigenvalue weighted by atomic mass is 32.1. The maximum absolute atomic E-state index is 11.1.